The highest BCUT2D eigenvalue weighted by Gasteiger charge is 2.32. The minimum atomic E-state index is 0.477. The third-order valence-electron chi connectivity index (χ3n) is 4.80. The Morgan fingerprint density at radius 2 is 2.10 bits per heavy atom. The molecule has 0 aliphatic carbocycles. The minimum absolute atomic E-state index is 0.477. The second-order valence-electron chi connectivity index (χ2n) is 6.30. The predicted octanol–water partition coefficient (Wildman–Crippen LogP) is 3.53. The number of hydrogen-bond acceptors (Lipinski definition) is 4. The molecule has 0 spiro atoms. The molecule has 0 amide bonds. The molecule has 4 atom stereocenters. The summed E-state index contributed by atoms with van der Waals surface area (Å²) in [4.78, 5) is 8.70. The number of aryl methyl sites for hydroxylation is 2. The standard InChI is InChI=1S/C16H29N3S/c1-7-10(2)15-9-19(11(3)8-17-15)13(5)16-12(4)18-14(6)20-16/h10-11,13,15,17H,7-9H2,1-6H3. The molecule has 114 valence electrons. The van der Waals surface area contributed by atoms with Crippen LogP contribution in [-0.2, 0) is 0 Å². The Hall–Kier alpha value is -0.450. The molecule has 1 fully saturated rings. The first-order valence-electron chi connectivity index (χ1n) is 7.87. The number of hydrogen-bond donors (Lipinski definition) is 1. The molecule has 0 radical (unpaired) electrons. The van der Waals surface area contributed by atoms with Gasteiger partial charge < -0.3 is 5.32 Å². The summed E-state index contributed by atoms with van der Waals surface area (Å²) in [5.74, 6) is 0.737. The van der Waals surface area contributed by atoms with E-state index < -0.39 is 0 Å². The molecule has 1 saturated heterocycles. The van der Waals surface area contributed by atoms with Crippen LogP contribution in [0.3, 0.4) is 0 Å². The Morgan fingerprint density at radius 3 is 2.65 bits per heavy atom. The van der Waals surface area contributed by atoms with E-state index in [1.54, 1.807) is 0 Å². The average Bonchev–Trinajstić information content (AvgIpc) is 2.76. The zero-order chi connectivity index (χ0) is 14.9. The van der Waals surface area contributed by atoms with Crippen molar-refractivity contribution in [3.63, 3.8) is 0 Å². The maximum Gasteiger partial charge on any atom is 0.0900 e. The van der Waals surface area contributed by atoms with Crippen LogP contribution in [0.4, 0.5) is 0 Å². The molecule has 4 heteroatoms. The van der Waals surface area contributed by atoms with E-state index in [0.717, 1.165) is 19.0 Å². The molecular weight excluding hydrogens is 266 g/mol. The van der Waals surface area contributed by atoms with Crippen molar-refractivity contribution < 1.29 is 0 Å². The summed E-state index contributed by atoms with van der Waals surface area (Å²) in [6, 6.07) is 1.69. The fourth-order valence-electron chi connectivity index (χ4n) is 3.20. The van der Waals surface area contributed by atoms with E-state index in [1.165, 1.54) is 22.0 Å². The van der Waals surface area contributed by atoms with Crippen LogP contribution in [0.2, 0.25) is 0 Å². The fraction of sp³-hybridized carbons (Fsp3) is 0.812. The maximum absolute atomic E-state index is 4.60. The summed E-state index contributed by atoms with van der Waals surface area (Å²) >= 11 is 1.86. The first-order chi connectivity index (χ1) is 9.43. The van der Waals surface area contributed by atoms with Gasteiger partial charge in [-0.05, 0) is 33.6 Å². The number of nitrogens with one attached hydrogen (secondary N) is 1. The van der Waals surface area contributed by atoms with Gasteiger partial charge in [-0.2, -0.15) is 0 Å². The van der Waals surface area contributed by atoms with Gasteiger partial charge in [0.25, 0.3) is 0 Å². The lowest BCUT2D eigenvalue weighted by molar-refractivity contribution is 0.0830. The second kappa shape index (κ2) is 6.54. The molecule has 1 N–H and O–H groups in total. The monoisotopic (exact) mass is 295 g/mol. The summed E-state index contributed by atoms with van der Waals surface area (Å²) in [7, 11) is 0. The molecule has 1 aliphatic heterocycles. The molecule has 2 rings (SSSR count). The van der Waals surface area contributed by atoms with Crippen molar-refractivity contribution in [1.82, 2.24) is 15.2 Å². The van der Waals surface area contributed by atoms with Gasteiger partial charge in [0, 0.05) is 36.1 Å². The first-order valence-corrected chi connectivity index (χ1v) is 8.68. The molecule has 0 aromatic carbocycles. The summed E-state index contributed by atoms with van der Waals surface area (Å²) < 4.78 is 0. The molecule has 1 aliphatic rings. The van der Waals surface area contributed by atoms with Crippen LogP contribution in [-0.4, -0.2) is 35.1 Å². The van der Waals surface area contributed by atoms with Gasteiger partial charge in [-0.3, -0.25) is 4.90 Å². The van der Waals surface area contributed by atoms with E-state index in [-0.39, 0.29) is 0 Å². The Morgan fingerprint density at radius 1 is 1.40 bits per heavy atom. The second-order valence-corrected chi connectivity index (χ2v) is 7.54. The lowest BCUT2D eigenvalue weighted by Gasteiger charge is -2.43. The Kier molecular flexibility index (Phi) is 5.21. The van der Waals surface area contributed by atoms with Crippen molar-refractivity contribution in [2.45, 2.75) is 66.1 Å². The molecule has 3 nitrogen and oxygen atoms in total. The highest BCUT2D eigenvalue weighted by atomic mass is 32.1. The number of thiazole rings is 1. The minimum Gasteiger partial charge on any atom is -0.311 e. The lowest BCUT2D eigenvalue weighted by Crippen LogP contribution is -2.57. The SMILES string of the molecule is CCC(C)C1CN(C(C)c2sc(C)nc2C)C(C)CN1. The van der Waals surface area contributed by atoms with E-state index in [2.05, 4.69) is 56.7 Å². The van der Waals surface area contributed by atoms with E-state index in [1.807, 2.05) is 11.3 Å². The smallest absolute Gasteiger partial charge is 0.0900 e. The number of rotatable bonds is 4. The zero-order valence-electron chi connectivity index (χ0n) is 13.7. The molecule has 2 heterocycles. The van der Waals surface area contributed by atoms with E-state index in [0.29, 0.717) is 18.1 Å². The predicted molar refractivity (Wildman–Crippen MR) is 87.4 cm³/mol. The third kappa shape index (κ3) is 3.23. The number of aromatic nitrogens is 1. The largest absolute Gasteiger partial charge is 0.311 e. The molecule has 0 bridgehead atoms. The van der Waals surface area contributed by atoms with Crippen LogP contribution >= 0.6 is 11.3 Å². The normalized spacial score (nSPS) is 27.5. The van der Waals surface area contributed by atoms with Gasteiger partial charge in [-0.15, -0.1) is 11.3 Å². The molecule has 1 aromatic heterocycles. The summed E-state index contributed by atoms with van der Waals surface area (Å²) in [5.41, 5.74) is 1.21. The van der Waals surface area contributed by atoms with Crippen LogP contribution in [0.25, 0.3) is 0 Å². The fourth-order valence-corrected chi connectivity index (χ4v) is 4.20. The molecular formula is C16H29N3S. The van der Waals surface area contributed by atoms with Gasteiger partial charge in [0.05, 0.1) is 10.7 Å². The maximum atomic E-state index is 4.60. The molecule has 1 aromatic rings. The molecule has 4 unspecified atom stereocenters. The van der Waals surface area contributed by atoms with Crippen LogP contribution in [0, 0.1) is 19.8 Å². The van der Waals surface area contributed by atoms with Crippen molar-refractivity contribution in [2.24, 2.45) is 5.92 Å². The van der Waals surface area contributed by atoms with E-state index >= 15 is 0 Å². The van der Waals surface area contributed by atoms with Crippen LogP contribution in [0.15, 0.2) is 0 Å². The highest BCUT2D eigenvalue weighted by Crippen LogP contribution is 2.32. The summed E-state index contributed by atoms with van der Waals surface area (Å²) in [6.07, 6.45) is 1.24. The summed E-state index contributed by atoms with van der Waals surface area (Å²) in [5, 5.41) is 4.91. The van der Waals surface area contributed by atoms with Gasteiger partial charge in [0.15, 0.2) is 0 Å². The van der Waals surface area contributed by atoms with E-state index in [9.17, 15) is 0 Å². The van der Waals surface area contributed by atoms with Crippen LogP contribution in [0.1, 0.15) is 55.7 Å². The Balaban J connectivity index is 2.14. The van der Waals surface area contributed by atoms with Crippen molar-refractivity contribution in [3.05, 3.63) is 15.6 Å². The van der Waals surface area contributed by atoms with Gasteiger partial charge in [0.1, 0.15) is 0 Å². The van der Waals surface area contributed by atoms with Crippen LogP contribution in [0.5, 0.6) is 0 Å². The van der Waals surface area contributed by atoms with Gasteiger partial charge in [-0.1, -0.05) is 20.3 Å². The van der Waals surface area contributed by atoms with Crippen molar-refractivity contribution >= 4 is 11.3 Å². The summed E-state index contributed by atoms with van der Waals surface area (Å²) in [6.45, 7) is 15.8. The van der Waals surface area contributed by atoms with Gasteiger partial charge in [0.2, 0.25) is 0 Å². The van der Waals surface area contributed by atoms with Gasteiger partial charge in [-0.25, -0.2) is 4.98 Å². The van der Waals surface area contributed by atoms with Crippen molar-refractivity contribution in [2.75, 3.05) is 13.1 Å². The topological polar surface area (TPSA) is 28.2 Å². The first kappa shape index (κ1) is 15.9. The Labute approximate surface area is 127 Å². The van der Waals surface area contributed by atoms with Crippen molar-refractivity contribution in [1.29, 1.82) is 0 Å². The molecule has 0 saturated carbocycles. The lowest BCUT2D eigenvalue weighted by atomic mass is 9.94. The Bertz CT molecular complexity index is 443. The van der Waals surface area contributed by atoms with Crippen molar-refractivity contribution in [3.8, 4) is 0 Å². The molecule has 20 heavy (non-hydrogen) atoms. The quantitative estimate of drug-likeness (QED) is 0.921. The number of piperazine rings is 1. The zero-order valence-corrected chi connectivity index (χ0v) is 14.5. The third-order valence-corrected chi connectivity index (χ3v) is 6.04. The van der Waals surface area contributed by atoms with E-state index in [4.69, 9.17) is 0 Å². The van der Waals surface area contributed by atoms with Crippen LogP contribution < -0.4 is 5.32 Å². The number of nitrogens with zero attached hydrogens (tertiary/aromatic N) is 2. The average molecular weight is 295 g/mol. The van der Waals surface area contributed by atoms with Gasteiger partial charge >= 0.3 is 0 Å². The highest BCUT2D eigenvalue weighted by molar-refractivity contribution is 7.11.